The van der Waals surface area contributed by atoms with Crippen LogP contribution in [0.25, 0.3) is 0 Å². The fourth-order valence-corrected chi connectivity index (χ4v) is 4.45. The summed E-state index contributed by atoms with van der Waals surface area (Å²) in [5, 5.41) is 3.50. The Morgan fingerprint density at radius 2 is 1.81 bits per heavy atom. The van der Waals surface area contributed by atoms with Crippen molar-refractivity contribution in [3.63, 3.8) is 0 Å². The van der Waals surface area contributed by atoms with Crippen LogP contribution in [-0.4, -0.2) is 37.0 Å². The van der Waals surface area contributed by atoms with E-state index in [1.807, 2.05) is 0 Å². The van der Waals surface area contributed by atoms with E-state index in [0.29, 0.717) is 17.2 Å². The number of hydrogen-bond acceptors (Lipinski definition) is 2. The van der Waals surface area contributed by atoms with Crippen LogP contribution in [0.2, 0.25) is 0 Å². The van der Waals surface area contributed by atoms with E-state index in [4.69, 9.17) is 0 Å². The van der Waals surface area contributed by atoms with Gasteiger partial charge in [0.1, 0.15) is 0 Å². The van der Waals surface area contributed by atoms with Crippen LogP contribution in [0.3, 0.4) is 0 Å². The van der Waals surface area contributed by atoms with Crippen LogP contribution in [-0.2, 0) is 4.79 Å². The van der Waals surface area contributed by atoms with E-state index in [9.17, 15) is 4.79 Å². The lowest BCUT2D eigenvalue weighted by Crippen LogP contribution is -2.50. The number of piperidine rings is 1. The second kappa shape index (κ2) is 6.68. The van der Waals surface area contributed by atoms with Crippen LogP contribution in [0.4, 0.5) is 0 Å². The van der Waals surface area contributed by atoms with E-state index in [1.54, 1.807) is 0 Å². The van der Waals surface area contributed by atoms with Crippen molar-refractivity contribution in [1.29, 1.82) is 0 Å². The molecule has 1 amide bonds. The normalized spacial score (nSPS) is 22.2. The summed E-state index contributed by atoms with van der Waals surface area (Å²) in [6.07, 6.45) is 6.66. The van der Waals surface area contributed by atoms with Gasteiger partial charge in [0.2, 0.25) is 5.91 Å². The molecule has 2 rings (SSSR count). The SMILES string of the molecule is CCC(CC)(CC(C)C)C(=O)N1CCC2(CCNC2)CC1. The zero-order valence-corrected chi connectivity index (χ0v) is 14.5. The number of hydrogen-bond donors (Lipinski definition) is 1. The summed E-state index contributed by atoms with van der Waals surface area (Å²) in [4.78, 5) is 15.3. The molecule has 0 radical (unpaired) electrons. The van der Waals surface area contributed by atoms with E-state index in [2.05, 4.69) is 37.9 Å². The summed E-state index contributed by atoms with van der Waals surface area (Å²) in [5.41, 5.74) is 0.377. The van der Waals surface area contributed by atoms with Gasteiger partial charge in [0.25, 0.3) is 0 Å². The minimum absolute atomic E-state index is 0.118. The van der Waals surface area contributed by atoms with Gasteiger partial charge in [0.05, 0.1) is 0 Å². The summed E-state index contributed by atoms with van der Waals surface area (Å²) in [5.74, 6) is 1.02. The zero-order chi connectivity index (χ0) is 15.5. The molecule has 3 nitrogen and oxygen atoms in total. The molecule has 0 aromatic carbocycles. The lowest BCUT2D eigenvalue weighted by atomic mass is 9.73. The van der Waals surface area contributed by atoms with Crippen LogP contribution in [0, 0.1) is 16.7 Å². The highest BCUT2D eigenvalue weighted by atomic mass is 16.2. The third-order valence-corrected chi connectivity index (χ3v) is 6.05. The molecule has 0 saturated carbocycles. The summed E-state index contributed by atoms with van der Waals surface area (Å²) < 4.78 is 0. The van der Waals surface area contributed by atoms with Crippen LogP contribution in [0.1, 0.15) is 66.2 Å². The Labute approximate surface area is 130 Å². The second-order valence-electron chi connectivity index (χ2n) is 7.80. The predicted octanol–water partition coefficient (Wildman–Crippen LogP) is 3.44. The maximum atomic E-state index is 13.1. The Balaban J connectivity index is 2.01. The summed E-state index contributed by atoms with van der Waals surface area (Å²) in [7, 11) is 0. The Morgan fingerprint density at radius 1 is 1.19 bits per heavy atom. The first-order valence-electron chi connectivity index (χ1n) is 8.97. The number of amides is 1. The third-order valence-electron chi connectivity index (χ3n) is 6.05. The molecule has 2 aliphatic heterocycles. The zero-order valence-electron chi connectivity index (χ0n) is 14.5. The summed E-state index contributed by atoms with van der Waals surface area (Å²) >= 11 is 0. The monoisotopic (exact) mass is 294 g/mol. The second-order valence-corrected chi connectivity index (χ2v) is 7.80. The highest BCUT2D eigenvalue weighted by molar-refractivity contribution is 5.82. The fraction of sp³-hybridized carbons (Fsp3) is 0.944. The van der Waals surface area contributed by atoms with E-state index >= 15 is 0 Å². The summed E-state index contributed by atoms with van der Waals surface area (Å²) in [6.45, 7) is 13.1. The van der Waals surface area contributed by atoms with E-state index in [-0.39, 0.29) is 5.41 Å². The molecule has 2 fully saturated rings. The molecule has 0 bridgehead atoms. The van der Waals surface area contributed by atoms with Crippen molar-refractivity contribution in [2.24, 2.45) is 16.7 Å². The predicted molar refractivity (Wildman–Crippen MR) is 88.2 cm³/mol. The largest absolute Gasteiger partial charge is 0.342 e. The van der Waals surface area contributed by atoms with Crippen LogP contribution < -0.4 is 5.32 Å². The van der Waals surface area contributed by atoms with E-state index in [0.717, 1.165) is 45.4 Å². The minimum atomic E-state index is -0.118. The average Bonchev–Trinajstić information content (AvgIpc) is 2.93. The van der Waals surface area contributed by atoms with Crippen LogP contribution >= 0.6 is 0 Å². The Kier molecular flexibility index (Phi) is 5.34. The number of rotatable bonds is 5. The molecule has 0 aliphatic carbocycles. The molecule has 0 atom stereocenters. The summed E-state index contributed by atoms with van der Waals surface area (Å²) in [6, 6.07) is 0. The molecule has 3 heteroatoms. The third kappa shape index (κ3) is 3.44. The highest BCUT2D eigenvalue weighted by Gasteiger charge is 2.43. The Bertz CT molecular complexity index is 344. The molecular formula is C18H34N2O. The molecule has 122 valence electrons. The molecule has 2 heterocycles. The first-order valence-corrected chi connectivity index (χ1v) is 8.97. The van der Waals surface area contributed by atoms with Gasteiger partial charge in [0, 0.05) is 25.0 Å². The van der Waals surface area contributed by atoms with Gasteiger partial charge < -0.3 is 10.2 Å². The van der Waals surface area contributed by atoms with Crippen molar-refractivity contribution < 1.29 is 4.79 Å². The van der Waals surface area contributed by atoms with Gasteiger partial charge >= 0.3 is 0 Å². The van der Waals surface area contributed by atoms with Gasteiger partial charge in [-0.2, -0.15) is 0 Å². The lowest BCUT2D eigenvalue weighted by Gasteiger charge is -2.43. The maximum absolute atomic E-state index is 13.1. The number of nitrogens with zero attached hydrogens (tertiary/aromatic N) is 1. The van der Waals surface area contributed by atoms with Gasteiger partial charge in [0.15, 0.2) is 0 Å². The van der Waals surface area contributed by atoms with Gasteiger partial charge in [-0.15, -0.1) is 0 Å². The van der Waals surface area contributed by atoms with Gasteiger partial charge in [-0.05, 0) is 56.4 Å². The van der Waals surface area contributed by atoms with E-state index < -0.39 is 0 Å². The molecule has 0 aromatic rings. The minimum Gasteiger partial charge on any atom is -0.342 e. The van der Waals surface area contributed by atoms with Crippen molar-refractivity contribution in [1.82, 2.24) is 10.2 Å². The molecule has 1 N–H and O–H groups in total. The van der Waals surface area contributed by atoms with Crippen molar-refractivity contribution in [2.75, 3.05) is 26.2 Å². The smallest absolute Gasteiger partial charge is 0.228 e. The molecule has 2 saturated heterocycles. The van der Waals surface area contributed by atoms with Crippen molar-refractivity contribution in [3.8, 4) is 0 Å². The molecular weight excluding hydrogens is 260 g/mol. The fourth-order valence-electron chi connectivity index (χ4n) is 4.45. The number of carbonyl (C=O) groups is 1. The molecule has 2 aliphatic rings. The quantitative estimate of drug-likeness (QED) is 0.842. The van der Waals surface area contributed by atoms with Crippen molar-refractivity contribution in [2.45, 2.75) is 66.2 Å². The molecule has 1 spiro atoms. The standard InChI is InChI=1S/C18H34N2O/c1-5-18(6-2,13-15(3)4)16(21)20-11-8-17(9-12-20)7-10-19-14-17/h15,19H,5-14H2,1-4H3. The number of carbonyl (C=O) groups excluding carboxylic acids is 1. The topological polar surface area (TPSA) is 32.3 Å². The average molecular weight is 294 g/mol. The lowest BCUT2D eigenvalue weighted by molar-refractivity contribution is -0.146. The first kappa shape index (κ1) is 16.8. The maximum Gasteiger partial charge on any atom is 0.228 e. The molecule has 21 heavy (non-hydrogen) atoms. The van der Waals surface area contributed by atoms with Gasteiger partial charge in [-0.1, -0.05) is 27.7 Å². The van der Waals surface area contributed by atoms with E-state index in [1.165, 1.54) is 19.3 Å². The van der Waals surface area contributed by atoms with Crippen molar-refractivity contribution >= 4 is 5.91 Å². The highest BCUT2D eigenvalue weighted by Crippen LogP contribution is 2.41. The van der Waals surface area contributed by atoms with Crippen molar-refractivity contribution in [3.05, 3.63) is 0 Å². The first-order chi connectivity index (χ1) is 9.97. The van der Waals surface area contributed by atoms with Crippen LogP contribution in [0.5, 0.6) is 0 Å². The Morgan fingerprint density at radius 3 is 2.24 bits per heavy atom. The van der Waals surface area contributed by atoms with Gasteiger partial charge in [-0.3, -0.25) is 4.79 Å². The Hall–Kier alpha value is -0.570. The van der Waals surface area contributed by atoms with Gasteiger partial charge in [-0.25, -0.2) is 0 Å². The molecule has 0 aromatic heterocycles. The number of likely N-dealkylation sites (tertiary alicyclic amines) is 1. The van der Waals surface area contributed by atoms with Crippen LogP contribution in [0.15, 0.2) is 0 Å². The molecule has 0 unspecified atom stereocenters. The number of nitrogens with one attached hydrogen (secondary N) is 1.